The average molecular weight is 308 g/mol. The molecule has 0 aromatic carbocycles. The summed E-state index contributed by atoms with van der Waals surface area (Å²) in [5, 5.41) is 27.6. The maximum absolute atomic E-state index is 9.20. The first-order valence-electron chi connectivity index (χ1n) is 7.37. The van der Waals surface area contributed by atoms with E-state index < -0.39 is 5.97 Å². The quantitative estimate of drug-likeness (QED) is 0.552. The van der Waals surface area contributed by atoms with Gasteiger partial charge < -0.3 is 24.6 Å². The van der Waals surface area contributed by atoms with E-state index in [1.807, 2.05) is 27.7 Å². The molecule has 1 aliphatic carbocycles. The molecule has 1 aromatic heterocycles. The Morgan fingerprint density at radius 2 is 1.77 bits per heavy atom. The van der Waals surface area contributed by atoms with Crippen LogP contribution < -0.4 is 0 Å². The minimum absolute atomic E-state index is 0.0250. The number of rotatable bonds is 3. The summed E-state index contributed by atoms with van der Waals surface area (Å²) >= 11 is 0. The molecule has 22 heavy (non-hydrogen) atoms. The lowest BCUT2D eigenvalue weighted by Crippen LogP contribution is -2.41. The Morgan fingerprint density at radius 1 is 1.18 bits per heavy atom. The van der Waals surface area contributed by atoms with E-state index in [1.54, 1.807) is 0 Å². The van der Waals surface area contributed by atoms with Gasteiger partial charge in [-0.2, -0.15) is 0 Å². The standard InChI is InChI=1S/C14H21BN2O5/c1-12(2)13(3,4)22-15(21-12)9-7-8(9)11-16-6-5-10(17-11)14(18,19)20/h5-6,8-9,18-20H,7H2,1-4H3. The minimum atomic E-state index is -2.95. The molecule has 1 saturated carbocycles. The van der Waals surface area contributed by atoms with E-state index in [9.17, 15) is 15.3 Å². The van der Waals surface area contributed by atoms with Gasteiger partial charge in [0, 0.05) is 17.9 Å². The molecular weight excluding hydrogens is 287 g/mol. The Morgan fingerprint density at radius 3 is 2.32 bits per heavy atom. The fraction of sp³-hybridized carbons (Fsp3) is 0.714. The Labute approximate surface area is 129 Å². The van der Waals surface area contributed by atoms with Crippen LogP contribution in [0.25, 0.3) is 0 Å². The van der Waals surface area contributed by atoms with Crippen LogP contribution in [0.4, 0.5) is 0 Å². The van der Waals surface area contributed by atoms with Crippen LogP contribution in [0.2, 0.25) is 5.82 Å². The molecule has 2 atom stereocenters. The number of hydrogen-bond acceptors (Lipinski definition) is 7. The summed E-state index contributed by atoms with van der Waals surface area (Å²) < 4.78 is 12.0. The third-order valence-corrected chi connectivity index (χ3v) is 4.81. The monoisotopic (exact) mass is 308 g/mol. The van der Waals surface area contributed by atoms with E-state index in [0.717, 1.165) is 6.42 Å². The third-order valence-electron chi connectivity index (χ3n) is 4.81. The molecule has 2 aliphatic rings. The lowest BCUT2D eigenvalue weighted by atomic mass is 9.80. The predicted molar refractivity (Wildman–Crippen MR) is 77.6 cm³/mol. The van der Waals surface area contributed by atoms with E-state index in [1.165, 1.54) is 12.3 Å². The van der Waals surface area contributed by atoms with Gasteiger partial charge in [0.1, 0.15) is 11.5 Å². The molecule has 3 rings (SSSR count). The van der Waals surface area contributed by atoms with Crippen molar-refractivity contribution in [1.82, 2.24) is 9.97 Å². The van der Waals surface area contributed by atoms with E-state index >= 15 is 0 Å². The highest BCUT2D eigenvalue weighted by atomic mass is 16.7. The van der Waals surface area contributed by atoms with Crippen molar-refractivity contribution in [3.05, 3.63) is 23.8 Å². The summed E-state index contributed by atoms with van der Waals surface area (Å²) in [7, 11) is -0.329. The van der Waals surface area contributed by atoms with Crippen LogP contribution in [0.1, 0.15) is 51.6 Å². The third kappa shape index (κ3) is 2.65. The number of hydrogen-bond donors (Lipinski definition) is 3. The first-order valence-corrected chi connectivity index (χ1v) is 7.37. The molecule has 120 valence electrons. The SMILES string of the molecule is CC1(C)OB(C2CC2c2nccc(C(O)(O)O)n2)OC1(C)C. The van der Waals surface area contributed by atoms with Crippen molar-refractivity contribution in [3.8, 4) is 0 Å². The van der Waals surface area contributed by atoms with Crippen molar-refractivity contribution in [2.75, 3.05) is 0 Å². The van der Waals surface area contributed by atoms with E-state index in [0.29, 0.717) is 5.82 Å². The minimum Gasteiger partial charge on any atom is -0.403 e. The second-order valence-electron chi connectivity index (χ2n) is 7.07. The van der Waals surface area contributed by atoms with Crippen LogP contribution in [-0.2, 0) is 15.3 Å². The lowest BCUT2D eigenvalue weighted by Gasteiger charge is -2.32. The molecule has 1 aromatic rings. The predicted octanol–water partition coefficient (Wildman–Crippen LogP) is 0.513. The van der Waals surface area contributed by atoms with Crippen LogP contribution in [0, 0.1) is 0 Å². The molecule has 1 aliphatic heterocycles. The summed E-state index contributed by atoms with van der Waals surface area (Å²) in [6.45, 7) is 8.00. The van der Waals surface area contributed by atoms with Crippen molar-refractivity contribution in [2.24, 2.45) is 0 Å². The van der Waals surface area contributed by atoms with Gasteiger partial charge in [0.2, 0.25) is 0 Å². The smallest absolute Gasteiger partial charge is 0.403 e. The first-order chi connectivity index (χ1) is 10.0. The fourth-order valence-corrected chi connectivity index (χ4v) is 2.61. The number of aromatic nitrogens is 2. The van der Waals surface area contributed by atoms with E-state index in [2.05, 4.69) is 9.97 Å². The summed E-state index contributed by atoms with van der Waals surface area (Å²) in [4.78, 5) is 8.18. The lowest BCUT2D eigenvalue weighted by molar-refractivity contribution is -0.326. The molecule has 3 N–H and O–H groups in total. The highest BCUT2D eigenvalue weighted by Gasteiger charge is 2.60. The van der Waals surface area contributed by atoms with Gasteiger partial charge in [-0.15, -0.1) is 0 Å². The van der Waals surface area contributed by atoms with Crippen LogP contribution in [0.3, 0.4) is 0 Å². The molecule has 0 bridgehead atoms. The van der Waals surface area contributed by atoms with Gasteiger partial charge in [-0.05, 0) is 40.2 Å². The second-order valence-corrected chi connectivity index (χ2v) is 7.07. The van der Waals surface area contributed by atoms with E-state index in [-0.39, 0.29) is 35.7 Å². The van der Waals surface area contributed by atoms with Gasteiger partial charge >= 0.3 is 13.1 Å². The van der Waals surface area contributed by atoms with E-state index in [4.69, 9.17) is 9.31 Å². The summed E-state index contributed by atoms with van der Waals surface area (Å²) in [5.41, 5.74) is -1.01. The van der Waals surface area contributed by atoms with Crippen molar-refractivity contribution < 1.29 is 24.6 Å². The summed E-state index contributed by atoms with van der Waals surface area (Å²) in [6, 6.07) is 1.26. The zero-order valence-electron chi connectivity index (χ0n) is 13.1. The van der Waals surface area contributed by atoms with Gasteiger partial charge in [-0.1, -0.05) is 0 Å². The van der Waals surface area contributed by atoms with Gasteiger partial charge in [0.15, 0.2) is 0 Å². The molecule has 0 radical (unpaired) electrons. The normalized spacial score (nSPS) is 29.7. The van der Waals surface area contributed by atoms with Crippen LogP contribution in [-0.4, -0.2) is 43.6 Å². The van der Waals surface area contributed by atoms with Gasteiger partial charge in [0.05, 0.1) is 11.2 Å². The first kappa shape index (κ1) is 15.8. The highest BCUT2D eigenvalue weighted by Crippen LogP contribution is 2.57. The zero-order chi connectivity index (χ0) is 16.3. The maximum Gasteiger partial charge on any atom is 0.461 e. The van der Waals surface area contributed by atoms with Crippen molar-refractivity contribution >= 4 is 7.12 Å². The molecule has 8 heteroatoms. The molecule has 2 fully saturated rings. The van der Waals surface area contributed by atoms with Gasteiger partial charge in [0.25, 0.3) is 0 Å². The Balaban J connectivity index is 1.74. The highest BCUT2D eigenvalue weighted by molar-refractivity contribution is 6.49. The molecule has 7 nitrogen and oxygen atoms in total. The molecule has 0 amide bonds. The molecule has 2 unspecified atom stereocenters. The zero-order valence-corrected chi connectivity index (χ0v) is 13.1. The Kier molecular flexibility index (Phi) is 3.40. The summed E-state index contributed by atoms with van der Waals surface area (Å²) in [6.07, 6.45) is 2.20. The number of nitrogens with zero attached hydrogens (tertiary/aromatic N) is 2. The summed E-state index contributed by atoms with van der Waals surface area (Å²) in [5.74, 6) is -2.34. The number of aliphatic hydroxyl groups is 3. The molecule has 1 saturated heterocycles. The van der Waals surface area contributed by atoms with Crippen molar-refractivity contribution in [1.29, 1.82) is 0 Å². The second kappa shape index (κ2) is 4.72. The van der Waals surface area contributed by atoms with Crippen molar-refractivity contribution in [2.45, 2.75) is 63.0 Å². The van der Waals surface area contributed by atoms with Gasteiger partial charge in [-0.3, -0.25) is 0 Å². The van der Waals surface area contributed by atoms with Crippen molar-refractivity contribution in [3.63, 3.8) is 0 Å². The Hall–Kier alpha value is -1.06. The van der Waals surface area contributed by atoms with Crippen LogP contribution in [0.5, 0.6) is 0 Å². The molecule has 0 spiro atoms. The fourth-order valence-electron chi connectivity index (χ4n) is 2.61. The Bertz CT molecular complexity index is 571. The van der Waals surface area contributed by atoms with Gasteiger partial charge in [-0.25, -0.2) is 9.97 Å². The van der Waals surface area contributed by atoms with Crippen LogP contribution >= 0.6 is 0 Å². The molecular formula is C14H21BN2O5. The maximum atomic E-state index is 9.20. The topological polar surface area (TPSA) is 105 Å². The molecule has 2 heterocycles. The largest absolute Gasteiger partial charge is 0.461 e. The van der Waals surface area contributed by atoms with Crippen LogP contribution in [0.15, 0.2) is 12.3 Å². The average Bonchev–Trinajstić information content (AvgIpc) is 3.12.